The molecule has 1 unspecified atom stereocenters. The summed E-state index contributed by atoms with van der Waals surface area (Å²) in [5, 5.41) is 3.45. The van der Waals surface area contributed by atoms with Crippen LogP contribution in [-0.2, 0) is 4.79 Å². The molecule has 5 rings (SSSR count). The molecule has 180 valence electrons. The standard InChI is InChI=1S/C28H28N2O4S/c1-32-21-13-11-20(12-14-21)27-17-28(31)30(23-7-2-5-10-26(23)35-27)16-6-15-29-18-22-19-33-24-8-3-4-9-25(24)34-22/h2-5,7-14,17,22,29H,6,15-16,18-19H2,1H3. The van der Waals surface area contributed by atoms with E-state index in [-0.39, 0.29) is 12.0 Å². The second kappa shape index (κ2) is 10.9. The summed E-state index contributed by atoms with van der Waals surface area (Å²) in [5.41, 5.74) is 1.95. The van der Waals surface area contributed by atoms with Crippen molar-refractivity contribution in [3.63, 3.8) is 0 Å². The van der Waals surface area contributed by atoms with Gasteiger partial charge in [0.1, 0.15) is 18.5 Å². The van der Waals surface area contributed by atoms with Crippen LogP contribution in [0.4, 0.5) is 5.69 Å². The number of fused-ring (bicyclic) bond motifs is 2. The van der Waals surface area contributed by atoms with E-state index in [1.165, 1.54) is 0 Å². The molecule has 6 nitrogen and oxygen atoms in total. The molecule has 0 fully saturated rings. The molecule has 0 aromatic heterocycles. The Morgan fingerprint density at radius 2 is 1.80 bits per heavy atom. The van der Waals surface area contributed by atoms with Crippen molar-refractivity contribution in [3.8, 4) is 17.2 Å². The van der Waals surface area contributed by atoms with Gasteiger partial charge in [-0.05, 0) is 54.9 Å². The zero-order chi connectivity index (χ0) is 24.0. The normalized spacial score (nSPS) is 16.8. The lowest BCUT2D eigenvalue weighted by Crippen LogP contribution is -2.39. The quantitative estimate of drug-likeness (QED) is 0.451. The first-order chi connectivity index (χ1) is 17.2. The summed E-state index contributed by atoms with van der Waals surface area (Å²) >= 11 is 1.62. The highest BCUT2D eigenvalue weighted by Gasteiger charge is 2.24. The number of thioether (sulfide) groups is 1. The first kappa shape index (κ1) is 23.3. The number of amides is 1. The fourth-order valence-corrected chi connectivity index (χ4v) is 5.22. The molecule has 2 aliphatic rings. The SMILES string of the molecule is COc1ccc(C2=CC(=O)N(CCCNCC3COc4ccccc4O3)c3ccccc3S2)cc1. The summed E-state index contributed by atoms with van der Waals surface area (Å²) in [4.78, 5) is 17.1. The lowest BCUT2D eigenvalue weighted by Gasteiger charge is -2.27. The molecule has 7 heteroatoms. The molecule has 0 saturated heterocycles. The Kier molecular flexibility index (Phi) is 7.25. The molecule has 3 aromatic rings. The number of carbonyl (C=O) groups is 1. The van der Waals surface area contributed by atoms with E-state index in [0.717, 1.165) is 51.3 Å². The van der Waals surface area contributed by atoms with Crippen LogP contribution in [0.1, 0.15) is 12.0 Å². The molecule has 0 saturated carbocycles. The van der Waals surface area contributed by atoms with Crippen LogP contribution in [0.3, 0.4) is 0 Å². The summed E-state index contributed by atoms with van der Waals surface area (Å²) in [6, 6.07) is 23.6. The van der Waals surface area contributed by atoms with E-state index in [0.29, 0.717) is 19.7 Å². The van der Waals surface area contributed by atoms with Gasteiger partial charge in [0.15, 0.2) is 11.5 Å². The lowest BCUT2D eigenvalue weighted by atomic mass is 10.2. The molecule has 1 amide bonds. The van der Waals surface area contributed by atoms with Crippen molar-refractivity contribution < 1.29 is 19.0 Å². The first-order valence-electron chi connectivity index (χ1n) is 11.7. The van der Waals surface area contributed by atoms with Crippen LogP contribution < -0.4 is 24.4 Å². The molecule has 0 bridgehead atoms. The molecular formula is C28H28N2O4S. The lowest BCUT2D eigenvalue weighted by molar-refractivity contribution is -0.114. The molecule has 3 aromatic carbocycles. The Morgan fingerprint density at radius 3 is 2.63 bits per heavy atom. The molecule has 2 aliphatic heterocycles. The molecular weight excluding hydrogens is 460 g/mol. The number of anilines is 1. The fraction of sp³-hybridized carbons (Fsp3) is 0.250. The van der Waals surface area contributed by atoms with Gasteiger partial charge in [-0.3, -0.25) is 4.79 Å². The van der Waals surface area contributed by atoms with Crippen molar-refractivity contribution in [2.24, 2.45) is 0 Å². The highest BCUT2D eigenvalue weighted by molar-refractivity contribution is 8.08. The van der Waals surface area contributed by atoms with Gasteiger partial charge in [-0.25, -0.2) is 0 Å². The zero-order valence-corrected chi connectivity index (χ0v) is 20.4. The molecule has 0 aliphatic carbocycles. The van der Waals surface area contributed by atoms with Gasteiger partial charge in [0.25, 0.3) is 5.91 Å². The van der Waals surface area contributed by atoms with Gasteiger partial charge in [0.2, 0.25) is 0 Å². The summed E-state index contributed by atoms with van der Waals surface area (Å²) in [6.07, 6.45) is 2.53. The van der Waals surface area contributed by atoms with Crippen LogP contribution in [0, 0.1) is 0 Å². The number of hydrogen-bond acceptors (Lipinski definition) is 6. The number of nitrogens with zero attached hydrogens (tertiary/aromatic N) is 1. The minimum atomic E-state index is -0.0307. The molecule has 1 N–H and O–H groups in total. The number of benzene rings is 3. The van der Waals surface area contributed by atoms with Crippen molar-refractivity contribution in [2.45, 2.75) is 17.4 Å². The summed E-state index contributed by atoms with van der Waals surface area (Å²) < 4.78 is 17.1. The Labute approximate surface area is 209 Å². The van der Waals surface area contributed by atoms with E-state index in [1.807, 2.05) is 71.6 Å². The van der Waals surface area contributed by atoms with Gasteiger partial charge in [0, 0.05) is 29.0 Å². The van der Waals surface area contributed by atoms with Crippen molar-refractivity contribution in [1.29, 1.82) is 0 Å². The first-order valence-corrected chi connectivity index (χ1v) is 12.6. The Morgan fingerprint density at radius 1 is 1.03 bits per heavy atom. The number of methoxy groups -OCH3 is 1. The van der Waals surface area contributed by atoms with Crippen LogP contribution in [0.15, 0.2) is 83.8 Å². The Hall–Kier alpha value is -3.42. The van der Waals surface area contributed by atoms with Gasteiger partial charge in [-0.15, -0.1) is 0 Å². The molecule has 2 heterocycles. The number of hydrogen-bond donors (Lipinski definition) is 1. The monoisotopic (exact) mass is 488 g/mol. The number of ether oxygens (including phenoxy) is 3. The Balaban J connectivity index is 1.20. The predicted octanol–water partition coefficient (Wildman–Crippen LogP) is 4.99. The number of carbonyl (C=O) groups excluding carboxylic acids is 1. The summed E-state index contributed by atoms with van der Waals surface area (Å²) in [6.45, 7) is 2.62. The second-order valence-electron chi connectivity index (χ2n) is 8.35. The minimum absolute atomic E-state index is 0.00566. The van der Waals surface area contributed by atoms with E-state index in [2.05, 4.69) is 11.4 Å². The van der Waals surface area contributed by atoms with E-state index in [4.69, 9.17) is 14.2 Å². The van der Waals surface area contributed by atoms with Crippen LogP contribution in [-0.4, -0.2) is 45.4 Å². The number of nitrogens with one attached hydrogen (secondary N) is 1. The average molecular weight is 489 g/mol. The molecule has 0 spiro atoms. The molecule has 35 heavy (non-hydrogen) atoms. The number of para-hydroxylation sites is 3. The molecule has 0 radical (unpaired) electrons. The van der Waals surface area contributed by atoms with E-state index in [9.17, 15) is 4.79 Å². The topological polar surface area (TPSA) is 60.0 Å². The van der Waals surface area contributed by atoms with Gasteiger partial charge < -0.3 is 24.4 Å². The van der Waals surface area contributed by atoms with Crippen LogP contribution in [0.25, 0.3) is 4.91 Å². The largest absolute Gasteiger partial charge is 0.497 e. The van der Waals surface area contributed by atoms with Gasteiger partial charge in [-0.1, -0.05) is 48.2 Å². The van der Waals surface area contributed by atoms with Crippen LogP contribution >= 0.6 is 11.8 Å². The van der Waals surface area contributed by atoms with Crippen molar-refractivity contribution in [2.75, 3.05) is 38.3 Å². The van der Waals surface area contributed by atoms with Gasteiger partial charge >= 0.3 is 0 Å². The van der Waals surface area contributed by atoms with Crippen molar-refractivity contribution in [1.82, 2.24) is 5.32 Å². The second-order valence-corrected chi connectivity index (χ2v) is 9.44. The van der Waals surface area contributed by atoms with E-state index in [1.54, 1.807) is 24.9 Å². The third kappa shape index (κ3) is 5.47. The third-order valence-corrected chi connectivity index (χ3v) is 7.08. The predicted molar refractivity (Wildman–Crippen MR) is 139 cm³/mol. The van der Waals surface area contributed by atoms with Crippen molar-refractivity contribution >= 4 is 28.3 Å². The smallest absolute Gasteiger partial charge is 0.252 e. The highest BCUT2D eigenvalue weighted by Crippen LogP contribution is 2.42. The van der Waals surface area contributed by atoms with Gasteiger partial charge in [-0.2, -0.15) is 0 Å². The molecule has 1 atom stereocenters. The summed E-state index contributed by atoms with van der Waals surface area (Å²) in [5.74, 6) is 2.37. The maximum atomic E-state index is 13.3. The number of rotatable bonds is 8. The zero-order valence-electron chi connectivity index (χ0n) is 19.6. The summed E-state index contributed by atoms with van der Waals surface area (Å²) in [7, 11) is 1.65. The van der Waals surface area contributed by atoms with Gasteiger partial charge in [0.05, 0.1) is 12.8 Å². The Bertz CT molecular complexity index is 1210. The van der Waals surface area contributed by atoms with E-state index >= 15 is 0 Å². The highest BCUT2D eigenvalue weighted by atomic mass is 32.2. The third-order valence-electron chi connectivity index (χ3n) is 5.95. The maximum absolute atomic E-state index is 13.3. The minimum Gasteiger partial charge on any atom is -0.497 e. The van der Waals surface area contributed by atoms with Crippen molar-refractivity contribution in [3.05, 3.63) is 84.4 Å². The maximum Gasteiger partial charge on any atom is 0.252 e. The fourth-order valence-electron chi connectivity index (χ4n) is 4.14. The van der Waals surface area contributed by atoms with E-state index < -0.39 is 0 Å². The average Bonchev–Trinajstić information content (AvgIpc) is 3.04. The van der Waals surface area contributed by atoms with Crippen LogP contribution in [0.2, 0.25) is 0 Å². The van der Waals surface area contributed by atoms with Crippen LogP contribution in [0.5, 0.6) is 17.2 Å².